The van der Waals surface area contributed by atoms with E-state index >= 15 is 0 Å². The van der Waals surface area contributed by atoms with Crippen LogP contribution in [-0.2, 0) is 6.42 Å². The first-order valence-corrected chi connectivity index (χ1v) is 9.12. The summed E-state index contributed by atoms with van der Waals surface area (Å²) in [6.07, 6.45) is 5.69. The second-order valence-corrected chi connectivity index (χ2v) is 6.75. The SMILES string of the molecule is O=C(c1ccncc1)N1CCC[C@@H]1c1cccc(Cc2cccc(F)c2)n1. The lowest BCUT2D eigenvalue weighted by molar-refractivity contribution is 0.0732. The smallest absolute Gasteiger partial charge is 0.254 e. The van der Waals surface area contributed by atoms with Crippen LogP contribution in [0, 0.1) is 5.82 Å². The second-order valence-electron chi connectivity index (χ2n) is 6.75. The molecule has 4 nitrogen and oxygen atoms in total. The summed E-state index contributed by atoms with van der Waals surface area (Å²) in [4.78, 5) is 23.5. The van der Waals surface area contributed by atoms with Gasteiger partial charge in [-0.2, -0.15) is 0 Å². The van der Waals surface area contributed by atoms with Gasteiger partial charge in [0, 0.05) is 36.6 Å². The van der Waals surface area contributed by atoms with Crippen LogP contribution in [0.3, 0.4) is 0 Å². The predicted octanol–water partition coefficient (Wildman–Crippen LogP) is 4.18. The van der Waals surface area contributed by atoms with Gasteiger partial charge in [-0.15, -0.1) is 0 Å². The lowest BCUT2D eigenvalue weighted by Crippen LogP contribution is -2.31. The van der Waals surface area contributed by atoms with Crippen molar-refractivity contribution in [2.75, 3.05) is 6.54 Å². The maximum absolute atomic E-state index is 13.4. The number of pyridine rings is 2. The Morgan fingerprint density at radius 2 is 1.93 bits per heavy atom. The molecule has 3 aromatic rings. The molecule has 0 spiro atoms. The van der Waals surface area contributed by atoms with Crippen LogP contribution in [0.1, 0.15) is 46.2 Å². The average molecular weight is 361 g/mol. The van der Waals surface area contributed by atoms with E-state index in [1.807, 2.05) is 29.2 Å². The molecule has 1 saturated heterocycles. The first-order chi connectivity index (χ1) is 13.2. The van der Waals surface area contributed by atoms with E-state index in [0.717, 1.165) is 36.3 Å². The van der Waals surface area contributed by atoms with Gasteiger partial charge in [-0.3, -0.25) is 14.8 Å². The Hall–Kier alpha value is -3.08. The maximum atomic E-state index is 13.4. The molecule has 0 N–H and O–H groups in total. The molecule has 27 heavy (non-hydrogen) atoms. The third-order valence-electron chi connectivity index (χ3n) is 4.88. The van der Waals surface area contributed by atoms with E-state index in [4.69, 9.17) is 4.98 Å². The lowest BCUT2D eigenvalue weighted by Gasteiger charge is -2.24. The summed E-state index contributed by atoms with van der Waals surface area (Å²) in [6, 6.07) is 15.9. The molecule has 0 saturated carbocycles. The first-order valence-electron chi connectivity index (χ1n) is 9.12. The van der Waals surface area contributed by atoms with Crippen LogP contribution in [0.5, 0.6) is 0 Å². The number of benzene rings is 1. The number of rotatable bonds is 4. The molecule has 1 aliphatic heterocycles. The summed E-state index contributed by atoms with van der Waals surface area (Å²) in [7, 11) is 0. The van der Waals surface area contributed by atoms with Crippen molar-refractivity contribution in [2.24, 2.45) is 0 Å². The zero-order valence-corrected chi connectivity index (χ0v) is 14.9. The largest absolute Gasteiger partial charge is 0.330 e. The monoisotopic (exact) mass is 361 g/mol. The van der Waals surface area contributed by atoms with Crippen LogP contribution in [0.25, 0.3) is 0 Å². The molecule has 1 aliphatic rings. The molecular weight excluding hydrogens is 341 g/mol. The number of halogens is 1. The highest BCUT2D eigenvalue weighted by Crippen LogP contribution is 2.32. The average Bonchev–Trinajstić information content (AvgIpc) is 3.18. The number of hydrogen-bond acceptors (Lipinski definition) is 3. The fourth-order valence-corrected chi connectivity index (χ4v) is 3.62. The molecule has 4 rings (SSSR count). The highest BCUT2D eigenvalue weighted by atomic mass is 19.1. The fraction of sp³-hybridized carbons (Fsp3) is 0.227. The quantitative estimate of drug-likeness (QED) is 0.700. The Morgan fingerprint density at radius 1 is 1.11 bits per heavy atom. The van der Waals surface area contributed by atoms with Gasteiger partial charge in [0.05, 0.1) is 11.7 Å². The minimum atomic E-state index is -0.242. The maximum Gasteiger partial charge on any atom is 0.254 e. The van der Waals surface area contributed by atoms with E-state index < -0.39 is 0 Å². The molecule has 1 fully saturated rings. The molecule has 136 valence electrons. The van der Waals surface area contributed by atoms with Crippen molar-refractivity contribution in [3.8, 4) is 0 Å². The molecule has 2 aromatic heterocycles. The number of carbonyl (C=O) groups is 1. The molecular formula is C22H20FN3O. The van der Waals surface area contributed by atoms with Crippen molar-refractivity contribution in [1.82, 2.24) is 14.9 Å². The molecule has 0 radical (unpaired) electrons. The summed E-state index contributed by atoms with van der Waals surface area (Å²) >= 11 is 0. The summed E-state index contributed by atoms with van der Waals surface area (Å²) in [5.41, 5.74) is 3.30. The minimum Gasteiger partial charge on any atom is -0.330 e. The van der Waals surface area contributed by atoms with Gasteiger partial charge in [-0.1, -0.05) is 18.2 Å². The summed E-state index contributed by atoms with van der Waals surface area (Å²) in [5.74, 6) is -0.231. The zero-order valence-electron chi connectivity index (χ0n) is 14.9. The summed E-state index contributed by atoms with van der Waals surface area (Å²) < 4.78 is 13.4. The van der Waals surface area contributed by atoms with Crippen molar-refractivity contribution in [3.05, 3.63) is 95.3 Å². The van der Waals surface area contributed by atoms with Crippen LogP contribution in [0.4, 0.5) is 4.39 Å². The topological polar surface area (TPSA) is 46.1 Å². The van der Waals surface area contributed by atoms with Crippen molar-refractivity contribution < 1.29 is 9.18 Å². The van der Waals surface area contributed by atoms with Gasteiger partial charge in [0.15, 0.2) is 0 Å². The third kappa shape index (κ3) is 3.87. The Labute approximate surface area is 157 Å². The molecule has 5 heteroatoms. The number of nitrogens with zero attached hydrogens (tertiary/aromatic N) is 3. The standard InChI is InChI=1S/C22H20FN3O/c23-18-5-1-4-16(14-18)15-19-6-2-7-20(25-19)21-8-3-13-26(21)22(27)17-9-11-24-12-10-17/h1-2,4-7,9-12,14,21H,3,8,13,15H2/t21-/m1/s1. The van der Waals surface area contributed by atoms with Crippen molar-refractivity contribution in [1.29, 1.82) is 0 Å². The summed E-state index contributed by atoms with van der Waals surface area (Å²) in [5, 5.41) is 0. The van der Waals surface area contributed by atoms with Crippen LogP contribution in [0.15, 0.2) is 67.0 Å². The predicted molar refractivity (Wildman–Crippen MR) is 101 cm³/mol. The highest BCUT2D eigenvalue weighted by molar-refractivity contribution is 5.94. The third-order valence-corrected chi connectivity index (χ3v) is 4.88. The van der Waals surface area contributed by atoms with Crippen LogP contribution in [0.2, 0.25) is 0 Å². The number of likely N-dealkylation sites (tertiary alicyclic amines) is 1. The number of amides is 1. The van der Waals surface area contributed by atoms with E-state index in [0.29, 0.717) is 12.0 Å². The van der Waals surface area contributed by atoms with Crippen molar-refractivity contribution in [3.63, 3.8) is 0 Å². The van der Waals surface area contributed by atoms with Crippen LogP contribution < -0.4 is 0 Å². The van der Waals surface area contributed by atoms with Crippen LogP contribution >= 0.6 is 0 Å². The molecule has 0 aliphatic carbocycles. The molecule has 0 unspecified atom stereocenters. The fourth-order valence-electron chi connectivity index (χ4n) is 3.62. The Kier molecular flexibility index (Phi) is 4.92. The van der Waals surface area contributed by atoms with Gasteiger partial charge >= 0.3 is 0 Å². The molecule has 1 aromatic carbocycles. The minimum absolute atomic E-state index is 0.0113. The van der Waals surface area contributed by atoms with Gasteiger partial charge in [0.25, 0.3) is 5.91 Å². The van der Waals surface area contributed by atoms with E-state index in [1.54, 1.807) is 30.6 Å². The van der Waals surface area contributed by atoms with Gasteiger partial charge in [-0.25, -0.2) is 4.39 Å². The van der Waals surface area contributed by atoms with Gasteiger partial charge < -0.3 is 4.90 Å². The second kappa shape index (κ2) is 7.66. The van der Waals surface area contributed by atoms with Gasteiger partial charge in [0.2, 0.25) is 0 Å². The lowest BCUT2D eigenvalue weighted by atomic mass is 10.1. The Bertz CT molecular complexity index is 945. The molecule has 3 heterocycles. The van der Waals surface area contributed by atoms with E-state index in [9.17, 15) is 9.18 Å². The van der Waals surface area contributed by atoms with E-state index in [-0.39, 0.29) is 17.8 Å². The van der Waals surface area contributed by atoms with E-state index in [1.165, 1.54) is 12.1 Å². The summed E-state index contributed by atoms with van der Waals surface area (Å²) in [6.45, 7) is 0.724. The molecule has 1 amide bonds. The van der Waals surface area contributed by atoms with E-state index in [2.05, 4.69) is 4.98 Å². The Morgan fingerprint density at radius 3 is 2.74 bits per heavy atom. The van der Waals surface area contributed by atoms with Gasteiger partial charge in [-0.05, 0) is 54.8 Å². The number of aromatic nitrogens is 2. The van der Waals surface area contributed by atoms with Crippen molar-refractivity contribution >= 4 is 5.91 Å². The Balaban J connectivity index is 1.56. The first kappa shape index (κ1) is 17.3. The molecule has 0 bridgehead atoms. The normalized spacial score (nSPS) is 16.5. The number of hydrogen-bond donors (Lipinski definition) is 0. The zero-order chi connectivity index (χ0) is 18.6. The molecule has 1 atom stereocenters. The van der Waals surface area contributed by atoms with Gasteiger partial charge in [0.1, 0.15) is 5.82 Å². The highest BCUT2D eigenvalue weighted by Gasteiger charge is 2.31. The van der Waals surface area contributed by atoms with Crippen LogP contribution in [-0.4, -0.2) is 27.3 Å². The number of carbonyl (C=O) groups excluding carboxylic acids is 1. The van der Waals surface area contributed by atoms with Crippen molar-refractivity contribution in [2.45, 2.75) is 25.3 Å².